The van der Waals surface area contributed by atoms with Gasteiger partial charge in [-0.05, 0) is 50.7 Å². The monoisotopic (exact) mass is 370 g/mol. The summed E-state index contributed by atoms with van der Waals surface area (Å²) < 4.78 is 5.91. The van der Waals surface area contributed by atoms with Crippen molar-refractivity contribution in [1.29, 1.82) is 10.5 Å². The predicted octanol–water partition coefficient (Wildman–Crippen LogP) is 4.52. The third kappa shape index (κ3) is 6.86. The van der Waals surface area contributed by atoms with E-state index in [1.54, 1.807) is 6.08 Å². The van der Waals surface area contributed by atoms with Crippen molar-refractivity contribution >= 4 is 0 Å². The average Bonchev–Trinajstić information content (AvgIpc) is 2.61. The van der Waals surface area contributed by atoms with Crippen LogP contribution in [0.15, 0.2) is 35.1 Å². The van der Waals surface area contributed by atoms with Crippen LogP contribution in [-0.2, 0) is 4.74 Å². The number of rotatable bonds is 10. The maximum atomic E-state index is 9.91. The van der Waals surface area contributed by atoms with Crippen LogP contribution in [0.3, 0.4) is 0 Å². The molecule has 5 nitrogen and oxygen atoms in total. The Bertz CT molecular complexity index is 650. The van der Waals surface area contributed by atoms with Crippen LogP contribution in [0.4, 0.5) is 0 Å². The highest BCUT2D eigenvalue weighted by Crippen LogP contribution is 2.31. The number of nitrogens with zero attached hydrogens (tertiary/aromatic N) is 2. The predicted molar refractivity (Wildman–Crippen MR) is 109 cm³/mol. The first kappa shape index (κ1) is 23.0. The van der Waals surface area contributed by atoms with Crippen molar-refractivity contribution in [3.05, 3.63) is 35.1 Å². The van der Waals surface area contributed by atoms with Crippen molar-refractivity contribution in [2.24, 2.45) is 11.8 Å². The van der Waals surface area contributed by atoms with E-state index in [1.165, 1.54) is 5.57 Å². The lowest BCUT2D eigenvalue weighted by atomic mass is 9.83. The van der Waals surface area contributed by atoms with E-state index in [-0.39, 0.29) is 24.2 Å². The Morgan fingerprint density at radius 2 is 2.07 bits per heavy atom. The van der Waals surface area contributed by atoms with E-state index in [0.717, 1.165) is 30.5 Å². The average molecular weight is 371 g/mol. The molecule has 0 bridgehead atoms. The molecule has 0 radical (unpaired) electrons. The van der Waals surface area contributed by atoms with Crippen LogP contribution in [0.2, 0.25) is 0 Å². The second-order valence-corrected chi connectivity index (χ2v) is 7.35. The summed E-state index contributed by atoms with van der Waals surface area (Å²) in [6.07, 6.45) is 5.00. The molecule has 0 fully saturated rings. The summed E-state index contributed by atoms with van der Waals surface area (Å²) in [4.78, 5) is 0. The summed E-state index contributed by atoms with van der Waals surface area (Å²) in [6.45, 7) is 14.8. The Hall–Kier alpha value is -2.08. The fraction of sp³-hybridized carbons (Fsp3) is 0.636. The maximum Gasteiger partial charge on any atom is 0.184 e. The number of nitriles is 2. The lowest BCUT2D eigenvalue weighted by Gasteiger charge is -2.37. The first-order valence-electron chi connectivity index (χ1n) is 9.90. The molecule has 148 valence electrons. The van der Waals surface area contributed by atoms with E-state index >= 15 is 0 Å². The fourth-order valence-electron chi connectivity index (χ4n) is 3.43. The second kappa shape index (κ2) is 11.6. The van der Waals surface area contributed by atoms with Crippen molar-refractivity contribution in [2.45, 2.75) is 72.7 Å². The van der Waals surface area contributed by atoms with E-state index in [9.17, 15) is 10.5 Å². The molecule has 0 aromatic heterocycles. The zero-order chi connectivity index (χ0) is 20.4. The summed E-state index contributed by atoms with van der Waals surface area (Å²) >= 11 is 0. The number of allylic oxidation sites excluding steroid dienone is 4. The quantitative estimate of drug-likeness (QED) is 0.336. The molecule has 27 heavy (non-hydrogen) atoms. The van der Waals surface area contributed by atoms with E-state index < -0.39 is 0 Å². The van der Waals surface area contributed by atoms with E-state index in [0.29, 0.717) is 18.6 Å². The molecular weight excluding hydrogens is 336 g/mol. The van der Waals surface area contributed by atoms with Crippen LogP contribution in [0.5, 0.6) is 0 Å². The SMILES string of the molecule is C=C(C)/C=C(/C#N)CC(C)C(C#N)C1=C(CC)C(C)NC(OCCCC)N1. The molecule has 1 heterocycles. The zero-order valence-corrected chi connectivity index (χ0v) is 17.4. The Morgan fingerprint density at radius 3 is 2.59 bits per heavy atom. The van der Waals surface area contributed by atoms with Crippen LogP contribution < -0.4 is 10.6 Å². The molecule has 2 N–H and O–H groups in total. The molecule has 0 amide bonds. The van der Waals surface area contributed by atoms with Gasteiger partial charge in [0.05, 0.1) is 24.7 Å². The number of hydrogen-bond donors (Lipinski definition) is 2. The normalized spacial score (nSPS) is 22.4. The van der Waals surface area contributed by atoms with Crippen molar-refractivity contribution in [1.82, 2.24) is 10.6 Å². The minimum Gasteiger partial charge on any atom is -0.350 e. The zero-order valence-electron chi connectivity index (χ0n) is 17.4. The van der Waals surface area contributed by atoms with Gasteiger partial charge in [-0.1, -0.05) is 39.3 Å². The number of ether oxygens (including phenoxy) is 1. The van der Waals surface area contributed by atoms with E-state index in [1.807, 2.05) is 13.8 Å². The van der Waals surface area contributed by atoms with Gasteiger partial charge in [0.25, 0.3) is 0 Å². The number of hydrogen-bond acceptors (Lipinski definition) is 5. The van der Waals surface area contributed by atoms with Crippen molar-refractivity contribution in [2.75, 3.05) is 6.61 Å². The molecule has 1 aliphatic rings. The molecular formula is C22H34N4O. The largest absolute Gasteiger partial charge is 0.350 e. The molecule has 1 rings (SSSR count). The van der Waals surface area contributed by atoms with Crippen LogP contribution >= 0.6 is 0 Å². The van der Waals surface area contributed by atoms with Gasteiger partial charge in [0, 0.05) is 17.3 Å². The fourth-order valence-corrected chi connectivity index (χ4v) is 3.43. The van der Waals surface area contributed by atoms with Crippen molar-refractivity contribution < 1.29 is 4.74 Å². The van der Waals surface area contributed by atoms with Gasteiger partial charge in [-0.15, -0.1) is 0 Å². The van der Waals surface area contributed by atoms with Crippen LogP contribution in [0.1, 0.15) is 60.3 Å². The highest BCUT2D eigenvalue weighted by molar-refractivity contribution is 5.32. The first-order chi connectivity index (χ1) is 12.9. The van der Waals surface area contributed by atoms with Gasteiger partial charge >= 0.3 is 0 Å². The lowest BCUT2D eigenvalue weighted by Crippen LogP contribution is -2.54. The minimum absolute atomic E-state index is 0.00546. The standard InChI is InChI=1S/C22H34N4O/c1-7-9-10-27-22-25-17(6)19(8-2)21(26-22)20(14-24)16(5)12-18(13-23)11-15(3)4/h11,16-17,20,22,25-26H,3,7-10,12H2,1-2,4-6H3/b18-11+. The molecule has 5 heteroatoms. The molecule has 4 atom stereocenters. The lowest BCUT2D eigenvalue weighted by molar-refractivity contribution is -0.00106. The second-order valence-electron chi connectivity index (χ2n) is 7.35. The Kier molecular flexibility index (Phi) is 9.86. The Labute approximate surface area is 164 Å². The summed E-state index contributed by atoms with van der Waals surface area (Å²) in [5.74, 6) is -0.311. The van der Waals surface area contributed by atoms with E-state index in [2.05, 4.69) is 50.1 Å². The minimum atomic E-state index is -0.316. The summed E-state index contributed by atoms with van der Waals surface area (Å²) in [5, 5.41) is 26.1. The number of unbranched alkanes of at least 4 members (excludes halogenated alkanes) is 1. The van der Waals surface area contributed by atoms with Gasteiger partial charge in [-0.3, -0.25) is 5.32 Å². The van der Waals surface area contributed by atoms with Gasteiger partial charge < -0.3 is 10.1 Å². The van der Waals surface area contributed by atoms with Crippen molar-refractivity contribution in [3.63, 3.8) is 0 Å². The van der Waals surface area contributed by atoms with Gasteiger partial charge in [0.2, 0.25) is 0 Å². The summed E-state index contributed by atoms with van der Waals surface area (Å²) in [7, 11) is 0. The smallest absolute Gasteiger partial charge is 0.184 e. The van der Waals surface area contributed by atoms with E-state index in [4.69, 9.17) is 4.74 Å². The highest BCUT2D eigenvalue weighted by Gasteiger charge is 2.32. The van der Waals surface area contributed by atoms with Gasteiger partial charge in [-0.2, -0.15) is 10.5 Å². The molecule has 4 unspecified atom stereocenters. The summed E-state index contributed by atoms with van der Waals surface area (Å²) in [6, 6.07) is 4.85. The Balaban J connectivity index is 3.04. The van der Waals surface area contributed by atoms with Crippen LogP contribution in [-0.4, -0.2) is 19.0 Å². The summed E-state index contributed by atoms with van der Waals surface area (Å²) in [5.41, 5.74) is 3.66. The van der Waals surface area contributed by atoms with Crippen molar-refractivity contribution in [3.8, 4) is 12.1 Å². The third-order valence-corrected chi connectivity index (χ3v) is 4.85. The van der Waals surface area contributed by atoms with Gasteiger partial charge in [-0.25, -0.2) is 0 Å². The molecule has 0 spiro atoms. The first-order valence-corrected chi connectivity index (χ1v) is 9.90. The molecule has 0 aromatic rings. The molecule has 0 saturated heterocycles. The molecule has 0 saturated carbocycles. The third-order valence-electron chi connectivity index (χ3n) is 4.85. The molecule has 1 aliphatic heterocycles. The van der Waals surface area contributed by atoms with Crippen LogP contribution in [0, 0.1) is 34.5 Å². The Morgan fingerprint density at radius 1 is 1.37 bits per heavy atom. The topological polar surface area (TPSA) is 80.9 Å². The van der Waals surface area contributed by atoms with Gasteiger partial charge in [0.1, 0.15) is 0 Å². The van der Waals surface area contributed by atoms with Gasteiger partial charge in [0.15, 0.2) is 6.35 Å². The maximum absolute atomic E-state index is 9.91. The number of nitrogens with one attached hydrogen (secondary N) is 2. The molecule has 0 aromatic carbocycles. The molecule has 0 aliphatic carbocycles. The highest BCUT2D eigenvalue weighted by atomic mass is 16.5. The van der Waals surface area contributed by atoms with Crippen LogP contribution in [0.25, 0.3) is 0 Å².